The van der Waals surface area contributed by atoms with Crippen LogP contribution >= 0.6 is 0 Å². The maximum Gasteiger partial charge on any atom is 0.416 e. The Morgan fingerprint density at radius 3 is 2.24 bits per heavy atom. The van der Waals surface area contributed by atoms with Crippen LogP contribution in [0, 0.1) is 0 Å². The number of anilines is 1. The predicted molar refractivity (Wildman–Crippen MR) is 149 cm³/mol. The number of halogens is 3. The number of fused-ring (bicyclic) bond motifs is 3. The first-order chi connectivity index (χ1) is 18.3. The van der Waals surface area contributed by atoms with Gasteiger partial charge in [0.25, 0.3) is 0 Å². The van der Waals surface area contributed by atoms with E-state index in [-0.39, 0.29) is 0 Å². The van der Waals surface area contributed by atoms with E-state index in [1.54, 1.807) is 6.20 Å². The van der Waals surface area contributed by atoms with Crippen LogP contribution in [0.25, 0.3) is 45.2 Å². The molecule has 0 radical (unpaired) electrons. The monoisotopic (exact) mass is 512 g/mol. The van der Waals surface area contributed by atoms with Crippen molar-refractivity contribution in [1.82, 2.24) is 14.9 Å². The molecule has 0 amide bonds. The van der Waals surface area contributed by atoms with E-state index in [4.69, 9.17) is 0 Å². The van der Waals surface area contributed by atoms with Crippen molar-refractivity contribution in [3.05, 3.63) is 95.7 Å². The molecule has 192 valence electrons. The van der Waals surface area contributed by atoms with Crippen molar-refractivity contribution in [3.63, 3.8) is 0 Å². The predicted octanol–water partition coefficient (Wildman–Crippen LogP) is 7.32. The molecule has 38 heavy (non-hydrogen) atoms. The number of nitrogens with one attached hydrogen (secondary N) is 1. The maximum atomic E-state index is 12.9. The summed E-state index contributed by atoms with van der Waals surface area (Å²) < 4.78 is 38.7. The largest absolute Gasteiger partial charge is 0.416 e. The summed E-state index contributed by atoms with van der Waals surface area (Å²) in [5.74, 6) is 0. The minimum Gasteiger partial charge on any atom is -0.369 e. The molecular weight excluding hydrogens is 485 g/mol. The Hall–Kier alpha value is -4.10. The molecule has 5 aromatic rings. The second-order valence-corrected chi connectivity index (χ2v) is 9.80. The Bertz CT molecular complexity index is 1610. The lowest BCUT2D eigenvalue weighted by atomic mass is 10.0. The smallest absolute Gasteiger partial charge is 0.369 e. The van der Waals surface area contributed by atoms with Crippen LogP contribution in [0.2, 0.25) is 0 Å². The molecule has 1 aliphatic heterocycles. The van der Waals surface area contributed by atoms with Gasteiger partial charge in [-0.15, -0.1) is 0 Å². The lowest BCUT2D eigenvalue weighted by molar-refractivity contribution is -0.137. The lowest BCUT2D eigenvalue weighted by Gasteiger charge is -2.34. The first-order valence-electron chi connectivity index (χ1n) is 12.6. The number of hydrogen-bond acceptors (Lipinski definition) is 3. The molecule has 7 heteroatoms. The summed E-state index contributed by atoms with van der Waals surface area (Å²) in [5, 5.41) is 2.04. The van der Waals surface area contributed by atoms with Gasteiger partial charge in [0, 0.05) is 54.4 Å². The van der Waals surface area contributed by atoms with Crippen LogP contribution in [0.1, 0.15) is 16.7 Å². The molecule has 4 nitrogen and oxygen atoms in total. The Kier molecular flexibility index (Phi) is 6.16. The molecule has 0 aliphatic carbocycles. The summed E-state index contributed by atoms with van der Waals surface area (Å²) in [7, 11) is 2.16. The number of pyridine rings is 1. The Morgan fingerprint density at radius 2 is 1.53 bits per heavy atom. The van der Waals surface area contributed by atoms with Gasteiger partial charge in [-0.2, -0.15) is 13.2 Å². The highest BCUT2D eigenvalue weighted by Gasteiger charge is 2.29. The van der Waals surface area contributed by atoms with E-state index in [1.165, 1.54) is 17.8 Å². The number of alkyl halides is 3. The highest BCUT2D eigenvalue weighted by Crippen LogP contribution is 2.33. The molecule has 0 bridgehead atoms. The van der Waals surface area contributed by atoms with E-state index >= 15 is 0 Å². The second-order valence-electron chi connectivity index (χ2n) is 9.80. The molecule has 1 N–H and O–H groups in total. The summed E-state index contributed by atoms with van der Waals surface area (Å²) in [5.41, 5.74) is 6.26. The van der Waals surface area contributed by atoms with E-state index in [0.29, 0.717) is 5.56 Å². The van der Waals surface area contributed by atoms with Crippen molar-refractivity contribution in [2.45, 2.75) is 6.18 Å². The van der Waals surface area contributed by atoms with Gasteiger partial charge in [0.15, 0.2) is 0 Å². The van der Waals surface area contributed by atoms with E-state index in [0.717, 1.165) is 76.9 Å². The topological polar surface area (TPSA) is 35.2 Å². The quantitative estimate of drug-likeness (QED) is 0.274. The van der Waals surface area contributed by atoms with Gasteiger partial charge in [-0.25, -0.2) is 4.98 Å². The molecule has 2 aromatic heterocycles. The van der Waals surface area contributed by atoms with Crippen molar-refractivity contribution in [3.8, 4) is 11.1 Å². The van der Waals surface area contributed by atoms with Crippen LogP contribution in [0.5, 0.6) is 0 Å². The van der Waals surface area contributed by atoms with E-state index < -0.39 is 11.7 Å². The normalized spacial score (nSPS) is 15.2. The summed E-state index contributed by atoms with van der Waals surface area (Å²) in [6.07, 6.45) is 1.15. The Labute approximate surface area is 219 Å². The van der Waals surface area contributed by atoms with E-state index in [9.17, 15) is 13.2 Å². The molecule has 1 saturated heterocycles. The van der Waals surface area contributed by atoms with E-state index in [2.05, 4.69) is 69.3 Å². The van der Waals surface area contributed by atoms with Crippen LogP contribution in [0.3, 0.4) is 0 Å². The zero-order chi connectivity index (χ0) is 26.3. The van der Waals surface area contributed by atoms with Gasteiger partial charge in [-0.3, -0.25) is 0 Å². The van der Waals surface area contributed by atoms with Gasteiger partial charge in [-0.1, -0.05) is 42.5 Å². The highest BCUT2D eigenvalue weighted by molar-refractivity contribution is 6.11. The van der Waals surface area contributed by atoms with Crippen molar-refractivity contribution >= 4 is 39.8 Å². The summed E-state index contributed by atoms with van der Waals surface area (Å²) in [6, 6.07) is 22.2. The number of H-pyrrole nitrogens is 1. The number of piperazine rings is 1. The zero-order valence-corrected chi connectivity index (χ0v) is 21.0. The van der Waals surface area contributed by atoms with Gasteiger partial charge in [-0.05, 0) is 71.8 Å². The van der Waals surface area contributed by atoms with Crippen LogP contribution in [0.4, 0.5) is 18.9 Å². The molecule has 3 aromatic carbocycles. The van der Waals surface area contributed by atoms with Crippen LogP contribution in [-0.4, -0.2) is 48.1 Å². The van der Waals surface area contributed by atoms with Crippen molar-refractivity contribution in [2.24, 2.45) is 0 Å². The average molecular weight is 513 g/mol. The molecule has 0 saturated carbocycles. The number of rotatable bonds is 4. The average Bonchev–Trinajstić information content (AvgIpc) is 3.31. The highest BCUT2D eigenvalue weighted by atomic mass is 19.4. The summed E-state index contributed by atoms with van der Waals surface area (Å²) in [4.78, 5) is 12.7. The second kappa shape index (κ2) is 9.65. The third-order valence-corrected chi connectivity index (χ3v) is 7.29. The fourth-order valence-corrected chi connectivity index (χ4v) is 5.06. The number of hydrogen-bond donors (Lipinski definition) is 1. The lowest BCUT2D eigenvalue weighted by Crippen LogP contribution is -2.44. The molecule has 0 spiro atoms. The molecule has 1 fully saturated rings. The fraction of sp³-hybridized carbons (Fsp3) is 0.194. The van der Waals surface area contributed by atoms with Gasteiger partial charge in [0.2, 0.25) is 0 Å². The summed E-state index contributed by atoms with van der Waals surface area (Å²) in [6.45, 7) is 4.21. The molecular formula is C31H27F3N4. The van der Waals surface area contributed by atoms with Crippen molar-refractivity contribution in [2.75, 3.05) is 38.1 Å². The van der Waals surface area contributed by atoms with E-state index in [1.807, 2.05) is 18.2 Å². The van der Waals surface area contributed by atoms with Crippen LogP contribution < -0.4 is 4.90 Å². The third-order valence-electron chi connectivity index (χ3n) is 7.29. The van der Waals surface area contributed by atoms with Gasteiger partial charge >= 0.3 is 6.18 Å². The maximum absolute atomic E-state index is 12.9. The van der Waals surface area contributed by atoms with Gasteiger partial charge < -0.3 is 14.8 Å². The third kappa shape index (κ3) is 4.77. The van der Waals surface area contributed by atoms with Crippen molar-refractivity contribution in [1.29, 1.82) is 0 Å². The van der Waals surface area contributed by atoms with Crippen LogP contribution in [-0.2, 0) is 6.18 Å². The Balaban J connectivity index is 1.32. The molecule has 6 rings (SSSR count). The minimum absolute atomic E-state index is 0.651. The SMILES string of the molecule is CN1CCN(c2ccc(-c3ccc4[nH]c5nccc(C=Cc6ccc(C(F)(F)F)cc6)c5c4c3)cc2)CC1. The molecule has 3 heterocycles. The molecule has 0 atom stereocenters. The number of nitrogens with zero attached hydrogens (tertiary/aromatic N) is 3. The van der Waals surface area contributed by atoms with Crippen LogP contribution in [0.15, 0.2) is 79.0 Å². The minimum atomic E-state index is -4.34. The fourth-order valence-electron chi connectivity index (χ4n) is 5.06. The van der Waals surface area contributed by atoms with Crippen molar-refractivity contribution < 1.29 is 13.2 Å². The number of aromatic amines is 1. The molecule has 0 unspecified atom stereocenters. The Morgan fingerprint density at radius 1 is 0.816 bits per heavy atom. The zero-order valence-electron chi connectivity index (χ0n) is 21.0. The number of benzene rings is 3. The van der Waals surface area contributed by atoms with Gasteiger partial charge in [0.1, 0.15) is 5.65 Å². The first-order valence-corrected chi connectivity index (χ1v) is 12.6. The summed E-state index contributed by atoms with van der Waals surface area (Å²) >= 11 is 0. The number of aromatic nitrogens is 2. The number of likely N-dealkylation sites (N-methyl/N-ethyl adjacent to an activating group) is 1. The van der Waals surface area contributed by atoms with Gasteiger partial charge in [0.05, 0.1) is 5.56 Å². The standard InChI is InChI=1S/C31H27F3N4/c1-37-16-18-38(19-17-37)26-11-6-22(7-12-26)24-8-13-28-27(20-24)29-23(14-15-35-30(29)36-28)5-2-21-3-9-25(10-4-21)31(32,33)34/h2-15,20H,16-19H2,1H3,(H,35,36). The molecule has 1 aliphatic rings. The first kappa shape index (κ1) is 24.2.